The number of hydrogen-bond acceptors (Lipinski definition) is 4. The van der Waals surface area contributed by atoms with Crippen molar-refractivity contribution in [3.05, 3.63) is 0 Å². The molecule has 1 saturated heterocycles. The van der Waals surface area contributed by atoms with Gasteiger partial charge in [0.1, 0.15) is 0 Å². The van der Waals surface area contributed by atoms with E-state index >= 15 is 0 Å². The Morgan fingerprint density at radius 3 is 2.56 bits per heavy atom. The summed E-state index contributed by atoms with van der Waals surface area (Å²) < 4.78 is 5.24. The van der Waals surface area contributed by atoms with Crippen molar-refractivity contribution in [2.24, 2.45) is 0 Å². The largest absolute Gasteiger partial charge is 0.377 e. The summed E-state index contributed by atoms with van der Waals surface area (Å²) in [4.78, 5) is 24.5. The quantitative estimate of drug-likeness (QED) is 0.680. The molecule has 1 atom stereocenters. The van der Waals surface area contributed by atoms with E-state index in [0.29, 0.717) is 13.1 Å². The van der Waals surface area contributed by atoms with Gasteiger partial charge in [0.15, 0.2) is 0 Å². The van der Waals surface area contributed by atoms with Crippen LogP contribution < -0.4 is 5.32 Å². The van der Waals surface area contributed by atoms with Crippen molar-refractivity contribution in [3.63, 3.8) is 0 Å². The van der Waals surface area contributed by atoms with Gasteiger partial charge in [0.2, 0.25) is 11.8 Å². The fourth-order valence-electron chi connectivity index (χ4n) is 1.62. The van der Waals surface area contributed by atoms with Crippen molar-refractivity contribution >= 4 is 11.8 Å². The van der Waals surface area contributed by atoms with Crippen LogP contribution in [0.3, 0.4) is 0 Å². The Hall–Kier alpha value is -0.940. The molecule has 1 fully saturated rings. The van der Waals surface area contributed by atoms with Gasteiger partial charge in [-0.15, -0.1) is 0 Å². The smallest absolute Gasteiger partial charge is 0.246 e. The number of likely N-dealkylation sites (N-methyl/N-ethyl adjacent to an activating group) is 1. The molecule has 0 spiro atoms. The first-order valence-corrected chi connectivity index (χ1v) is 5.54. The van der Waals surface area contributed by atoms with Crippen LogP contribution in [0.2, 0.25) is 0 Å². The average Bonchev–Trinajstić information content (AvgIpc) is 2.51. The zero-order valence-electron chi connectivity index (χ0n) is 10.4. The molecule has 0 bridgehead atoms. The van der Waals surface area contributed by atoms with Crippen LogP contribution >= 0.6 is 0 Å². The number of carbonyl (C=O) groups excluding carboxylic acids is 2. The molecular formula is C11H20N2O3. The minimum Gasteiger partial charge on any atom is -0.377 e. The Balaban J connectivity index is 2.52. The molecule has 0 aromatic rings. The topological polar surface area (TPSA) is 58.6 Å². The maximum absolute atomic E-state index is 11.8. The Kier molecular flexibility index (Phi) is 4.04. The van der Waals surface area contributed by atoms with Gasteiger partial charge < -0.3 is 10.1 Å². The Morgan fingerprint density at radius 2 is 2.12 bits per heavy atom. The summed E-state index contributed by atoms with van der Waals surface area (Å²) in [5, 5.41) is 3.08. The normalized spacial score (nSPS) is 22.0. The van der Waals surface area contributed by atoms with Crippen molar-refractivity contribution < 1.29 is 14.3 Å². The summed E-state index contributed by atoms with van der Waals surface area (Å²) in [5.41, 5.74) is -0.330. The number of imide groups is 1. The molecule has 0 aliphatic carbocycles. The number of rotatable bonds is 5. The molecule has 5 heteroatoms. The van der Waals surface area contributed by atoms with Crippen LogP contribution in [-0.4, -0.2) is 48.6 Å². The van der Waals surface area contributed by atoms with Crippen LogP contribution in [0.1, 0.15) is 27.2 Å². The third kappa shape index (κ3) is 2.80. The summed E-state index contributed by atoms with van der Waals surface area (Å²) in [7, 11) is 1.63. The van der Waals surface area contributed by atoms with Gasteiger partial charge in [-0.2, -0.15) is 0 Å². The highest BCUT2D eigenvalue weighted by Crippen LogP contribution is 2.14. The molecular weight excluding hydrogens is 208 g/mol. The van der Waals surface area contributed by atoms with Crippen molar-refractivity contribution in [1.29, 1.82) is 0 Å². The maximum Gasteiger partial charge on any atom is 0.246 e. The van der Waals surface area contributed by atoms with Crippen LogP contribution in [0.15, 0.2) is 0 Å². The second kappa shape index (κ2) is 4.93. The fourth-order valence-corrected chi connectivity index (χ4v) is 1.62. The van der Waals surface area contributed by atoms with Crippen LogP contribution in [0, 0.1) is 0 Å². The van der Waals surface area contributed by atoms with E-state index in [1.807, 2.05) is 13.8 Å². The van der Waals surface area contributed by atoms with Gasteiger partial charge in [0, 0.05) is 20.2 Å². The highest BCUT2D eigenvalue weighted by Gasteiger charge is 2.37. The minimum absolute atomic E-state index is 0.0970. The van der Waals surface area contributed by atoms with Gasteiger partial charge in [-0.05, 0) is 20.8 Å². The van der Waals surface area contributed by atoms with Gasteiger partial charge in [-0.3, -0.25) is 14.5 Å². The average molecular weight is 228 g/mol. The third-order valence-corrected chi connectivity index (χ3v) is 2.89. The van der Waals surface area contributed by atoms with Gasteiger partial charge in [-0.25, -0.2) is 0 Å². The van der Waals surface area contributed by atoms with E-state index in [4.69, 9.17) is 4.74 Å². The Bertz CT molecular complexity index is 289. The summed E-state index contributed by atoms with van der Waals surface area (Å²) in [6.45, 7) is 6.66. The van der Waals surface area contributed by atoms with E-state index in [9.17, 15) is 9.59 Å². The molecule has 5 nitrogen and oxygen atoms in total. The highest BCUT2D eigenvalue weighted by atomic mass is 16.5. The van der Waals surface area contributed by atoms with Gasteiger partial charge in [0.25, 0.3) is 0 Å². The second-order valence-electron chi connectivity index (χ2n) is 4.58. The van der Waals surface area contributed by atoms with E-state index in [0.717, 1.165) is 0 Å². The van der Waals surface area contributed by atoms with Crippen molar-refractivity contribution in [2.45, 2.75) is 38.8 Å². The van der Waals surface area contributed by atoms with E-state index in [1.165, 1.54) is 4.90 Å². The number of methoxy groups -OCH3 is 1. The molecule has 1 aliphatic rings. The zero-order valence-corrected chi connectivity index (χ0v) is 10.4. The van der Waals surface area contributed by atoms with Gasteiger partial charge >= 0.3 is 0 Å². The lowest BCUT2D eigenvalue weighted by Crippen LogP contribution is -2.45. The molecule has 1 N–H and O–H groups in total. The molecule has 1 aliphatic heterocycles. The summed E-state index contributed by atoms with van der Waals surface area (Å²) >= 11 is 0. The van der Waals surface area contributed by atoms with Crippen LogP contribution in [0.4, 0.5) is 0 Å². The van der Waals surface area contributed by atoms with Crippen LogP contribution in [-0.2, 0) is 14.3 Å². The number of amides is 2. The number of nitrogens with zero attached hydrogens (tertiary/aromatic N) is 1. The van der Waals surface area contributed by atoms with Gasteiger partial charge in [-0.1, -0.05) is 0 Å². The first-order valence-electron chi connectivity index (χ1n) is 5.54. The first kappa shape index (κ1) is 13.1. The summed E-state index contributed by atoms with van der Waals surface area (Å²) in [6.07, 6.45) is 0.256. The SMILES string of the molecule is CCN1C(=O)CC(NCC(C)(C)OC)C1=O. The van der Waals surface area contributed by atoms with Crippen molar-refractivity contribution in [2.75, 3.05) is 20.2 Å². The number of likely N-dealkylation sites (tertiary alicyclic amines) is 1. The van der Waals surface area contributed by atoms with Gasteiger partial charge in [0.05, 0.1) is 18.1 Å². The van der Waals surface area contributed by atoms with Crippen LogP contribution in [0.5, 0.6) is 0 Å². The van der Waals surface area contributed by atoms with E-state index in [2.05, 4.69) is 5.32 Å². The molecule has 92 valence electrons. The molecule has 0 aromatic heterocycles. The second-order valence-corrected chi connectivity index (χ2v) is 4.58. The molecule has 0 saturated carbocycles. The van der Waals surface area contributed by atoms with Crippen molar-refractivity contribution in [3.8, 4) is 0 Å². The minimum atomic E-state index is -0.387. The third-order valence-electron chi connectivity index (χ3n) is 2.89. The van der Waals surface area contributed by atoms with E-state index in [-0.39, 0.29) is 29.9 Å². The highest BCUT2D eigenvalue weighted by molar-refractivity contribution is 6.05. The lowest BCUT2D eigenvalue weighted by atomic mass is 10.1. The lowest BCUT2D eigenvalue weighted by molar-refractivity contribution is -0.138. The number of nitrogens with one attached hydrogen (secondary N) is 1. The number of carbonyl (C=O) groups is 2. The molecule has 0 radical (unpaired) electrons. The molecule has 2 amide bonds. The molecule has 1 rings (SSSR count). The van der Waals surface area contributed by atoms with Crippen LogP contribution in [0.25, 0.3) is 0 Å². The maximum atomic E-state index is 11.8. The Labute approximate surface area is 96.1 Å². The van der Waals surface area contributed by atoms with Crippen molar-refractivity contribution in [1.82, 2.24) is 10.2 Å². The lowest BCUT2D eigenvalue weighted by Gasteiger charge is -2.24. The predicted octanol–water partition coefficient (Wildman–Crippen LogP) is 0.148. The standard InChI is InChI=1S/C11H20N2O3/c1-5-13-9(14)6-8(10(13)15)12-7-11(2,3)16-4/h8,12H,5-7H2,1-4H3. The molecule has 0 aromatic carbocycles. The summed E-state index contributed by atoms with van der Waals surface area (Å²) in [5.74, 6) is -0.223. The zero-order chi connectivity index (χ0) is 12.3. The monoisotopic (exact) mass is 228 g/mol. The Morgan fingerprint density at radius 1 is 1.50 bits per heavy atom. The molecule has 16 heavy (non-hydrogen) atoms. The first-order chi connectivity index (χ1) is 7.41. The van der Waals surface area contributed by atoms with E-state index < -0.39 is 0 Å². The predicted molar refractivity (Wildman–Crippen MR) is 59.9 cm³/mol. The number of hydrogen-bond donors (Lipinski definition) is 1. The molecule has 1 heterocycles. The van der Waals surface area contributed by atoms with E-state index in [1.54, 1.807) is 14.0 Å². The molecule has 1 unspecified atom stereocenters. The summed E-state index contributed by atoms with van der Waals surface area (Å²) in [6, 6.07) is -0.387. The fraction of sp³-hybridized carbons (Fsp3) is 0.818. The number of ether oxygens (including phenoxy) is 1.